The van der Waals surface area contributed by atoms with E-state index in [9.17, 15) is 28.7 Å². The fourth-order valence-corrected chi connectivity index (χ4v) is 7.71. The number of ketones is 1. The van der Waals surface area contributed by atoms with Crippen molar-refractivity contribution in [3.8, 4) is 0 Å². The summed E-state index contributed by atoms with van der Waals surface area (Å²) >= 11 is 1.16. The van der Waals surface area contributed by atoms with E-state index in [4.69, 9.17) is 4.74 Å². The van der Waals surface area contributed by atoms with Gasteiger partial charge in [-0.3, -0.25) is 24.1 Å². The minimum absolute atomic E-state index is 0.00288. The van der Waals surface area contributed by atoms with Crippen molar-refractivity contribution in [2.75, 3.05) is 27.7 Å². The number of aromatic nitrogens is 1. The predicted molar refractivity (Wildman–Crippen MR) is 193 cm³/mol. The molecule has 2 aromatic rings. The van der Waals surface area contributed by atoms with Gasteiger partial charge in [-0.15, -0.1) is 11.3 Å². The molecule has 0 saturated carbocycles. The highest BCUT2D eigenvalue weighted by Gasteiger charge is 2.37. The molecule has 2 amide bonds. The molecule has 2 heterocycles. The van der Waals surface area contributed by atoms with E-state index in [0.29, 0.717) is 17.8 Å². The molecule has 1 aliphatic rings. The number of aliphatic hydroxyl groups is 1. The number of hydrogen-bond donors (Lipinski definition) is 2. The Labute approximate surface area is 301 Å². The van der Waals surface area contributed by atoms with Crippen LogP contribution in [0.2, 0.25) is 0 Å². The van der Waals surface area contributed by atoms with Crippen LogP contribution in [0.1, 0.15) is 107 Å². The van der Waals surface area contributed by atoms with Crippen LogP contribution in [0.5, 0.6) is 0 Å². The van der Waals surface area contributed by atoms with Gasteiger partial charge in [0.1, 0.15) is 22.6 Å². The summed E-state index contributed by atoms with van der Waals surface area (Å²) in [6.07, 6.45) is 3.73. The van der Waals surface area contributed by atoms with Gasteiger partial charge in [0.05, 0.1) is 19.1 Å². The number of ether oxygens (including phenoxy) is 1. The van der Waals surface area contributed by atoms with E-state index < -0.39 is 35.9 Å². The van der Waals surface area contributed by atoms with Gasteiger partial charge in [0.25, 0.3) is 5.91 Å². The van der Waals surface area contributed by atoms with Crippen LogP contribution in [0.25, 0.3) is 0 Å². The van der Waals surface area contributed by atoms with Crippen molar-refractivity contribution in [2.45, 2.75) is 110 Å². The van der Waals surface area contributed by atoms with E-state index in [0.717, 1.165) is 49.1 Å². The average Bonchev–Trinajstić information content (AvgIpc) is 3.60. The minimum Gasteiger partial charge on any atom is -0.469 e. The molecular formula is C38H57FN4O6S. The van der Waals surface area contributed by atoms with Gasteiger partial charge < -0.3 is 20.1 Å². The number of carbonyl (C=O) groups excluding carboxylic acids is 4. The Bertz CT molecular complexity index is 1420. The van der Waals surface area contributed by atoms with Crippen molar-refractivity contribution in [3.05, 3.63) is 51.7 Å². The molecule has 0 radical (unpaired) electrons. The number of likely N-dealkylation sites (N-methyl/N-ethyl adjacent to an activating group) is 1. The summed E-state index contributed by atoms with van der Waals surface area (Å²) in [7, 11) is 5.05. The summed E-state index contributed by atoms with van der Waals surface area (Å²) in [5.74, 6) is -2.12. The molecule has 50 heavy (non-hydrogen) atoms. The summed E-state index contributed by atoms with van der Waals surface area (Å²) in [5, 5.41) is 16.2. The number of thiazole rings is 1. The SMILES string of the molecule is CCC(C)[C@H](CC(=O)C1CCCCN1C)C(=O)N(C)C(C[C@@H](O)c1nc(C(=O)N[C@@H](Cc2ccc(F)cc2)C[C@H](C)C(=O)OC)cs1)C(C)C. The van der Waals surface area contributed by atoms with Crippen molar-refractivity contribution in [2.24, 2.45) is 23.7 Å². The van der Waals surface area contributed by atoms with Crippen molar-refractivity contribution >= 4 is 34.9 Å². The van der Waals surface area contributed by atoms with Gasteiger partial charge in [-0.1, -0.05) is 59.6 Å². The van der Waals surface area contributed by atoms with Gasteiger partial charge in [0.2, 0.25) is 5.91 Å². The Balaban J connectivity index is 1.72. The highest BCUT2D eigenvalue weighted by Crippen LogP contribution is 2.31. The molecule has 2 N–H and O–H groups in total. The van der Waals surface area contributed by atoms with Crippen molar-refractivity contribution in [1.29, 1.82) is 0 Å². The normalized spacial score (nSPS) is 18.8. The molecule has 1 aromatic carbocycles. The van der Waals surface area contributed by atoms with Crippen LogP contribution >= 0.6 is 11.3 Å². The van der Waals surface area contributed by atoms with Gasteiger partial charge in [0.15, 0.2) is 5.78 Å². The molecule has 1 aromatic heterocycles. The number of nitrogens with one attached hydrogen (secondary N) is 1. The number of aliphatic hydroxyl groups excluding tert-OH is 1. The lowest BCUT2D eigenvalue weighted by Crippen LogP contribution is -2.48. The molecule has 1 aliphatic heterocycles. The van der Waals surface area contributed by atoms with Crippen LogP contribution in [0.4, 0.5) is 4.39 Å². The van der Waals surface area contributed by atoms with Crippen molar-refractivity contribution < 1.29 is 33.4 Å². The third-order valence-corrected chi connectivity index (χ3v) is 11.2. The van der Waals surface area contributed by atoms with Crippen LogP contribution in [0, 0.1) is 29.5 Å². The minimum atomic E-state index is -1.03. The van der Waals surface area contributed by atoms with Crippen molar-refractivity contribution in [3.63, 3.8) is 0 Å². The predicted octanol–water partition coefficient (Wildman–Crippen LogP) is 5.83. The van der Waals surface area contributed by atoms with E-state index in [2.05, 4.69) is 15.2 Å². The second kappa shape index (κ2) is 19.4. The molecule has 12 heteroatoms. The Morgan fingerprint density at radius 3 is 2.40 bits per heavy atom. The summed E-state index contributed by atoms with van der Waals surface area (Å²) in [5.41, 5.74) is 0.926. The molecule has 0 spiro atoms. The number of rotatable bonds is 18. The Morgan fingerprint density at radius 2 is 1.80 bits per heavy atom. The fourth-order valence-electron chi connectivity index (χ4n) is 6.91. The number of esters is 1. The fraction of sp³-hybridized carbons (Fsp3) is 0.658. The quantitative estimate of drug-likeness (QED) is 0.184. The maximum Gasteiger partial charge on any atom is 0.308 e. The first kappa shape index (κ1) is 41.2. The molecule has 3 rings (SSSR count). The summed E-state index contributed by atoms with van der Waals surface area (Å²) in [4.78, 5) is 61.3. The zero-order valence-corrected chi connectivity index (χ0v) is 31.8. The van der Waals surface area contributed by atoms with Gasteiger partial charge in [-0.2, -0.15) is 0 Å². The van der Waals surface area contributed by atoms with Gasteiger partial charge in [-0.25, -0.2) is 9.37 Å². The molecule has 0 bridgehead atoms. The summed E-state index contributed by atoms with van der Waals surface area (Å²) < 4.78 is 18.4. The van der Waals surface area contributed by atoms with E-state index in [-0.39, 0.29) is 60.0 Å². The monoisotopic (exact) mass is 716 g/mol. The number of hydrogen-bond acceptors (Lipinski definition) is 9. The molecule has 278 valence electrons. The first-order chi connectivity index (χ1) is 23.7. The molecule has 7 atom stereocenters. The second-order valence-corrected chi connectivity index (χ2v) is 15.3. The van der Waals surface area contributed by atoms with Crippen LogP contribution < -0.4 is 5.32 Å². The lowest BCUT2D eigenvalue weighted by atomic mass is 9.83. The lowest BCUT2D eigenvalue weighted by molar-refractivity contribution is -0.145. The number of benzene rings is 1. The molecule has 3 unspecified atom stereocenters. The maximum atomic E-state index is 14.1. The van der Waals surface area contributed by atoms with E-state index in [1.807, 2.05) is 34.7 Å². The molecule has 10 nitrogen and oxygen atoms in total. The topological polar surface area (TPSA) is 129 Å². The highest BCUT2D eigenvalue weighted by molar-refractivity contribution is 7.09. The number of likely N-dealkylation sites (tertiary alicyclic amines) is 1. The number of nitrogens with zero attached hydrogens (tertiary/aromatic N) is 3. The number of carbonyl (C=O) groups is 4. The van der Waals surface area contributed by atoms with E-state index >= 15 is 0 Å². The van der Waals surface area contributed by atoms with E-state index in [1.165, 1.54) is 19.2 Å². The molecular weight excluding hydrogens is 660 g/mol. The summed E-state index contributed by atoms with van der Waals surface area (Å²) in [6.45, 7) is 10.7. The van der Waals surface area contributed by atoms with E-state index in [1.54, 1.807) is 36.4 Å². The standard InChI is InChI=1S/C38H57FN4O6S/c1-9-24(4)29(20-33(44)31-12-10-11-17-42(31)6)37(47)43(7)32(23(2)3)21-34(45)36-41-30(22-50-36)35(46)40-28(18-25(5)38(48)49-8)19-26-13-15-27(39)16-14-26/h13-16,22-25,28-29,31-32,34,45H,9-12,17-21H2,1-8H3,(H,40,46)/t24?,25-,28+,29-,31?,32?,34+/m0/s1. The Morgan fingerprint density at radius 1 is 1.12 bits per heavy atom. The smallest absolute Gasteiger partial charge is 0.308 e. The van der Waals surface area contributed by atoms with Crippen LogP contribution in [-0.2, 0) is 25.5 Å². The number of Topliss-reactive ketones (excluding diaryl/α,β-unsaturated/α-hetero) is 1. The number of methoxy groups -OCH3 is 1. The lowest BCUT2D eigenvalue weighted by Gasteiger charge is -2.37. The number of amides is 2. The second-order valence-electron chi connectivity index (χ2n) is 14.4. The largest absolute Gasteiger partial charge is 0.469 e. The zero-order valence-electron chi connectivity index (χ0n) is 31.0. The third kappa shape index (κ3) is 11.4. The van der Waals surface area contributed by atoms with Crippen LogP contribution in [0.15, 0.2) is 29.6 Å². The van der Waals surface area contributed by atoms with Crippen LogP contribution in [-0.4, -0.2) is 89.3 Å². The Kier molecular flexibility index (Phi) is 16.0. The van der Waals surface area contributed by atoms with Gasteiger partial charge >= 0.3 is 5.97 Å². The summed E-state index contributed by atoms with van der Waals surface area (Å²) in [6, 6.07) is 5.02. The molecule has 1 fully saturated rings. The number of piperidine rings is 1. The van der Waals surface area contributed by atoms with Gasteiger partial charge in [0, 0.05) is 43.3 Å². The first-order valence-electron chi connectivity index (χ1n) is 17.9. The zero-order chi connectivity index (χ0) is 37.1. The van der Waals surface area contributed by atoms with Gasteiger partial charge in [-0.05, 0) is 68.8 Å². The molecule has 1 saturated heterocycles. The first-order valence-corrected chi connectivity index (χ1v) is 18.8. The maximum absolute atomic E-state index is 14.1. The molecule has 0 aliphatic carbocycles. The third-order valence-electron chi connectivity index (χ3n) is 10.3. The number of halogens is 1. The average molecular weight is 717 g/mol. The van der Waals surface area contributed by atoms with Crippen molar-refractivity contribution in [1.82, 2.24) is 20.1 Å². The Hall–Kier alpha value is -3.22. The highest BCUT2D eigenvalue weighted by atomic mass is 32.1. The van der Waals surface area contributed by atoms with Crippen LogP contribution in [0.3, 0.4) is 0 Å².